The molecule has 1 aromatic heterocycles. The third kappa shape index (κ3) is 4.28. The number of halogens is 2. The van der Waals surface area contributed by atoms with Crippen molar-refractivity contribution in [3.05, 3.63) is 57.9 Å². The van der Waals surface area contributed by atoms with E-state index in [0.717, 1.165) is 34.3 Å². The topological polar surface area (TPSA) is 52.8 Å². The summed E-state index contributed by atoms with van der Waals surface area (Å²) in [6.07, 6.45) is 0.0974. The Bertz CT molecular complexity index is 1090. The van der Waals surface area contributed by atoms with Crippen LogP contribution in [-0.2, 0) is 22.5 Å². The molecule has 0 saturated carbocycles. The molecule has 5 nitrogen and oxygen atoms in total. The lowest BCUT2D eigenvalue weighted by molar-refractivity contribution is -0.117. The summed E-state index contributed by atoms with van der Waals surface area (Å²) in [6, 6.07) is 7.53. The van der Waals surface area contributed by atoms with E-state index in [4.69, 9.17) is 9.47 Å². The monoisotopic (exact) mass is 406 g/mol. The van der Waals surface area contributed by atoms with Crippen LogP contribution in [0.15, 0.2) is 35.3 Å². The van der Waals surface area contributed by atoms with Crippen molar-refractivity contribution in [2.45, 2.75) is 19.9 Å². The maximum absolute atomic E-state index is 14.3. The SMILES string of the molecule is COCCn1c(=NC(=O)Cc2ccc(OC)c(C)c2)sc2cc(F)cc(F)c21. The summed E-state index contributed by atoms with van der Waals surface area (Å²) in [6.45, 7) is 2.50. The smallest absolute Gasteiger partial charge is 0.252 e. The Morgan fingerprint density at radius 1 is 1.21 bits per heavy atom. The van der Waals surface area contributed by atoms with Crippen LogP contribution < -0.4 is 9.54 Å². The first-order chi connectivity index (χ1) is 13.4. The first-order valence-corrected chi connectivity index (χ1v) is 9.43. The van der Waals surface area contributed by atoms with Gasteiger partial charge in [0.25, 0.3) is 5.91 Å². The Labute approximate surface area is 164 Å². The van der Waals surface area contributed by atoms with Gasteiger partial charge < -0.3 is 14.0 Å². The number of aryl methyl sites for hydroxylation is 1. The molecular formula is C20H20F2N2O3S. The van der Waals surface area contributed by atoms with Gasteiger partial charge >= 0.3 is 0 Å². The highest BCUT2D eigenvalue weighted by molar-refractivity contribution is 7.16. The first-order valence-electron chi connectivity index (χ1n) is 8.61. The van der Waals surface area contributed by atoms with Gasteiger partial charge in [-0.15, -0.1) is 0 Å². The second-order valence-corrected chi connectivity index (χ2v) is 7.26. The molecule has 0 spiro atoms. The van der Waals surface area contributed by atoms with Crippen LogP contribution in [0, 0.1) is 18.6 Å². The van der Waals surface area contributed by atoms with Crippen LogP contribution in [0.5, 0.6) is 5.75 Å². The number of ether oxygens (including phenoxy) is 2. The number of carbonyl (C=O) groups is 1. The minimum Gasteiger partial charge on any atom is -0.496 e. The number of thiazole rings is 1. The van der Waals surface area contributed by atoms with Gasteiger partial charge in [-0.25, -0.2) is 8.78 Å². The Balaban J connectivity index is 1.99. The standard InChI is InChI=1S/C20H20F2N2O3S/c1-12-8-13(4-5-16(12)27-3)9-18(25)23-20-24(6-7-26-2)19-15(22)10-14(21)11-17(19)28-20/h4-5,8,10-11H,6-7,9H2,1-3H3. The number of hydrogen-bond donors (Lipinski definition) is 0. The first kappa shape index (κ1) is 20.2. The van der Waals surface area contributed by atoms with Crippen molar-refractivity contribution in [1.82, 2.24) is 4.57 Å². The van der Waals surface area contributed by atoms with Crippen molar-refractivity contribution < 1.29 is 23.0 Å². The molecule has 3 aromatic rings. The van der Waals surface area contributed by atoms with Crippen LogP contribution in [0.4, 0.5) is 8.78 Å². The van der Waals surface area contributed by atoms with Gasteiger partial charge in [0.2, 0.25) is 0 Å². The van der Waals surface area contributed by atoms with E-state index in [1.54, 1.807) is 23.8 Å². The molecule has 148 valence electrons. The zero-order valence-corrected chi connectivity index (χ0v) is 16.6. The average Bonchev–Trinajstić information content (AvgIpc) is 2.96. The number of aromatic nitrogens is 1. The van der Waals surface area contributed by atoms with E-state index < -0.39 is 11.6 Å². The molecule has 3 rings (SSSR count). The van der Waals surface area contributed by atoms with Crippen LogP contribution in [0.3, 0.4) is 0 Å². The maximum Gasteiger partial charge on any atom is 0.252 e. The molecule has 0 unspecified atom stereocenters. The van der Waals surface area contributed by atoms with Crippen molar-refractivity contribution in [2.75, 3.05) is 20.8 Å². The molecule has 1 heterocycles. The van der Waals surface area contributed by atoms with Gasteiger partial charge in [0.05, 0.1) is 30.4 Å². The van der Waals surface area contributed by atoms with E-state index in [-0.39, 0.29) is 17.8 Å². The number of fused-ring (bicyclic) bond motifs is 1. The fourth-order valence-electron chi connectivity index (χ4n) is 2.98. The molecular weight excluding hydrogens is 386 g/mol. The Morgan fingerprint density at radius 2 is 2.00 bits per heavy atom. The van der Waals surface area contributed by atoms with Gasteiger partial charge in [0.1, 0.15) is 11.6 Å². The third-order valence-electron chi connectivity index (χ3n) is 4.25. The van der Waals surface area contributed by atoms with Crippen LogP contribution in [0.2, 0.25) is 0 Å². The minimum atomic E-state index is -0.693. The summed E-state index contributed by atoms with van der Waals surface area (Å²) >= 11 is 1.07. The number of benzene rings is 2. The normalized spacial score (nSPS) is 12.0. The molecule has 1 amide bonds. The summed E-state index contributed by atoms with van der Waals surface area (Å²) < 4.78 is 40.1. The fourth-order valence-corrected chi connectivity index (χ4v) is 4.09. The quantitative estimate of drug-likeness (QED) is 0.628. The molecule has 0 N–H and O–H groups in total. The zero-order valence-electron chi connectivity index (χ0n) is 15.8. The Morgan fingerprint density at radius 3 is 2.68 bits per heavy atom. The highest BCUT2D eigenvalue weighted by Gasteiger charge is 2.14. The van der Waals surface area contributed by atoms with Gasteiger partial charge in [-0.05, 0) is 30.2 Å². The van der Waals surface area contributed by atoms with Gasteiger partial charge in [0, 0.05) is 19.7 Å². The molecule has 0 radical (unpaired) electrons. The van der Waals surface area contributed by atoms with Crippen molar-refractivity contribution in [1.29, 1.82) is 0 Å². The lowest BCUT2D eigenvalue weighted by Gasteiger charge is -2.06. The Kier molecular flexibility index (Phi) is 6.21. The lowest BCUT2D eigenvalue weighted by atomic mass is 10.1. The molecule has 0 atom stereocenters. The largest absolute Gasteiger partial charge is 0.496 e. The predicted molar refractivity (Wildman–Crippen MR) is 104 cm³/mol. The highest BCUT2D eigenvalue weighted by Crippen LogP contribution is 2.22. The third-order valence-corrected chi connectivity index (χ3v) is 5.27. The van der Waals surface area contributed by atoms with E-state index >= 15 is 0 Å². The summed E-state index contributed by atoms with van der Waals surface area (Å²) in [5.74, 6) is -0.991. The van der Waals surface area contributed by atoms with Gasteiger partial charge in [-0.1, -0.05) is 23.5 Å². The Hall–Kier alpha value is -2.58. The molecule has 0 fully saturated rings. The van der Waals surface area contributed by atoms with Crippen LogP contribution >= 0.6 is 11.3 Å². The summed E-state index contributed by atoms with van der Waals surface area (Å²) in [4.78, 5) is 17.0. The second-order valence-electron chi connectivity index (χ2n) is 6.25. The van der Waals surface area contributed by atoms with Crippen molar-refractivity contribution >= 4 is 27.5 Å². The highest BCUT2D eigenvalue weighted by atomic mass is 32.1. The van der Waals surface area contributed by atoms with E-state index in [9.17, 15) is 13.6 Å². The number of methoxy groups -OCH3 is 2. The zero-order chi connectivity index (χ0) is 20.3. The second kappa shape index (κ2) is 8.62. The maximum atomic E-state index is 14.3. The molecule has 2 aromatic carbocycles. The van der Waals surface area contributed by atoms with E-state index in [1.807, 2.05) is 13.0 Å². The minimum absolute atomic E-state index is 0.0974. The molecule has 28 heavy (non-hydrogen) atoms. The number of rotatable bonds is 6. The van der Waals surface area contributed by atoms with Gasteiger partial charge in [0.15, 0.2) is 10.6 Å². The molecule has 0 saturated heterocycles. The lowest BCUT2D eigenvalue weighted by Crippen LogP contribution is -2.20. The molecule has 8 heteroatoms. The van der Waals surface area contributed by atoms with E-state index in [2.05, 4.69) is 4.99 Å². The molecule has 0 bridgehead atoms. The number of carbonyl (C=O) groups excluding carboxylic acids is 1. The number of hydrogen-bond acceptors (Lipinski definition) is 4. The van der Waals surface area contributed by atoms with Crippen molar-refractivity contribution in [3.63, 3.8) is 0 Å². The van der Waals surface area contributed by atoms with Crippen LogP contribution in [0.1, 0.15) is 11.1 Å². The fraction of sp³-hybridized carbons (Fsp3) is 0.300. The van der Waals surface area contributed by atoms with Crippen molar-refractivity contribution in [2.24, 2.45) is 4.99 Å². The number of amides is 1. The molecule has 0 aliphatic rings. The molecule has 0 aliphatic carbocycles. The van der Waals surface area contributed by atoms with Crippen LogP contribution in [-0.4, -0.2) is 31.3 Å². The van der Waals surface area contributed by atoms with Crippen molar-refractivity contribution in [3.8, 4) is 5.75 Å². The predicted octanol–water partition coefficient (Wildman–Crippen LogP) is 3.61. The summed E-state index contributed by atoms with van der Waals surface area (Å²) in [7, 11) is 3.11. The van der Waals surface area contributed by atoms with E-state index in [0.29, 0.717) is 22.7 Å². The average molecular weight is 406 g/mol. The van der Waals surface area contributed by atoms with Gasteiger partial charge in [-0.2, -0.15) is 4.99 Å². The van der Waals surface area contributed by atoms with Gasteiger partial charge in [-0.3, -0.25) is 4.79 Å². The van der Waals surface area contributed by atoms with E-state index in [1.165, 1.54) is 13.2 Å². The summed E-state index contributed by atoms with van der Waals surface area (Å²) in [5.41, 5.74) is 1.94. The number of nitrogens with zero attached hydrogens (tertiary/aromatic N) is 2. The van der Waals surface area contributed by atoms with Crippen LogP contribution in [0.25, 0.3) is 10.2 Å². The summed E-state index contributed by atoms with van der Waals surface area (Å²) in [5, 5.41) is 0. The molecule has 0 aliphatic heterocycles.